The Kier molecular flexibility index (Phi) is 4.72. The third-order valence-corrected chi connectivity index (χ3v) is 3.22. The number of amides is 1. The second-order valence-corrected chi connectivity index (χ2v) is 4.75. The van der Waals surface area contributed by atoms with Crippen molar-refractivity contribution < 1.29 is 14.7 Å². The van der Waals surface area contributed by atoms with E-state index in [1.54, 1.807) is 24.3 Å². The van der Waals surface area contributed by atoms with E-state index in [9.17, 15) is 9.59 Å². The predicted octanol–water partition coefficient (Wildman–Crippen LogP) is 3.12. The van der Waals surface area contributed by atoms with E-state index in [4.69, 9.17) is 5.11 Å². The van der Waals surface area contributed by atoms with Crippen LogP contribution < -0.4 is 4.90 Å². The van der Waals surface area contributed by atoms with Crippen molar-refractivity contribution in [3.05, 3.63) is 65.7 Å². The average molecular weight is 283 g/mol. The normalized spacial score (nSPS) is 10.1. The molecule has 0 heterocycles. The van der Waals surface area contributed by atoms with E-state index in [2.05, 4.69) is 0 Å². The van der Waals surface area contributed by atoms with Crippen molar-refractivity contribution >= 4 is 17.6 Å². The number of benzene rings is 2. The maximum absolute atomic E-state index is 12.6. The highest BCUT2D eigenvalue weighted by Gasteiger charge is 2.19. The number of carboxylic acids is 1. The molecule has 0 fully saturated rings. The monoisotopic (exact) mass is 283 g/mol. The van der Waals surface area contributed by atoms with Gasteiger partial charge in [-0.25, -0.2) is 0 Å². The first kappa shape index (κ1) is 14.8. The molecular weight excluding hydrogens is 266 g/mol. The summed E-state index contributed by atoms with van der Waals surface area (Å²) in [6.07, 6.45) is -0.0904. The lowest BCUT2D eigenvalue weighted by Crippen LogP contribution is -2.33. The van der Waals surface area contributed by atoms with Gasteiger partial charge < -0.3 is 10.0 Å². The average Bonchev–Trinajstić information content (AvgIpc) is 2.49. The van der Waals surface area contributed by atoms with Crippen molar-refractivity contribution in [3.8, 4) is 0 Å². The number of aliphatic carboxylic acids is 1. The molecule has 21 heavy (non-hydrogen) atoms. The summed E-state index contributed by atoms with van der Waals surface area (Å²) in [5.74, 6) is -1.11. The highest BCUT2D eigenvalue weighted by Crippen LogP contribution is 2.22. The summed E-state index contributed by atoms with van der Waals surface area (Å²) in [5, 5.41) is 8.89. The van der Waals surface area contributed by atoms with Gasteiger partial charge in [0.05, 0.1) is 6.42 Å². The topological polar surface area (TPSA) is 57.6 Å². The van der Waals surface area contributed by atoms with Crippen molar-refractivity contribution in [1.29, 1.82) is 0 Å². The number of carbonyl (C=O) groups excluding carboxylic acids is 1. The molecule has 0 saturated carbocycles. The maximum atomic E-state index is 12.6. The minimum atomic E-state index is -0.922. The van der Waals surface area contributed by atoms with Gasteiger partial charge in [0.2, 0.25) is 0 Å². The quantitative estimate of drug-likeness (QED) is 0.917. The molecule has 0 bridgehead atoms. The summed E-state index contributed by atoms with van der Waals surface area (Å²) >= 11 is 0. The van der Waals surface area contributed by atoms with Crippen LogP contribution in [0.2, 0.25) is 0 Å². The minimum absolute atomic E-state index is 0.0904. The Morgan fingerprint density at radius 3 is 2.24 bits per heavy atom. The fraction of sp³-hybridized carbons (Fsp3) is 0.176. The van der Waals surface area contributed by atoms with Crippen LogP contribution in [0.1, 0.15) is 22.3 Å². The lowest BCUT2D eigenvalue weighted by atomic mass is 10.1. The summed E-state index contributed by atoms with van der Waals surface area (Å²) < 4.78 is 0. The fourth-order valence-electron chi connectivity index (χ4n) is 2.14. The molecule has 2 aromatic rings. The summed E-state index contributed by atoms with van der Waals surface area (Å²) in [4.78, 5) is 25.0. The Bertz CT molecular complexity index is 637. The van der Waals surface area contributed by atoms with Gasteiger partial charge in [-0.05, 0) is 30.7 Å². The lowest BCUT2D eigenvalue weighted by molar-refractivity contribution is -0.136. The van der Waals surface area contributed by atoms with Gasteiger partial charge in [-0.1, -0.05) is 36.4 Å². The van der Waals surface area contributed by atoms with Crippen LogP contribution in [0.3, 0.4) is 0 Å². The lowest BCUT2D eigenvalue weighted by Gasteiger charge is -2.24. The third-order valence-electron chi connectivity index (χ3n) is 3.22. The van der Waals surface area contributed by atoms with E-state index in [-0.39, 0.29) is 18.9 Å². The zero-order valence-electron chi connectivity index (χ0n) is 11.8. The number of carbonyl (C=O) groups is 2. The zero-order chi connectivity index (χ0) is 15.2. The van der Waals surface area contributed by atoms with Gasteiger partial charge in [-0.3, -0.25) is 9.59 Å². The molecule has 2 aromatic carbocycles. The number of nitrogens with zero attached hydrogens (tertiary/aromatic N) is 1. The second-order valence-electron chi connectivity index (χ2n) is 4.75. The van der Waals surface area contributed by atoms with Gasteiger partial charge >= 0.3 is 5.97 Å². The number of hydrogen-bond acceptors (Lipinski definition) is 2. The van der Waals surface area contributed by atoms with E-state index < -0.39 is 5.97 Å². The van der Waals surface area contributed by atoms with Crippen LogP contribution >= 0.6 is 0 Å². The van der Waals surface area contributed by atoms with E-state index in [1.165, 1.54) is 4.90 Å². The van der Waals surface area contributed by atoms with Crippen molar-refractivity contribution in [1.82, 2.24) is 0 Å². The van der Waals surface area contributed by atoms with Gasteiger partial charge in [0.25, 0.3) is 5.91 Å². The molecule has 0 aliphatic rings. The molecule has 108 valence electrons. The van der Waals surface area contributed by atoms with Crippen LogP contribution in [0.25, 0.3) is 0 Å². The predicted molar refractivity (Wildman–Crippen MR) is 81.6 cm³/mol. The van der Waals surface area contributed by atoms with Crippen LogP contribution in [0.4, 0.5) is 5.69 Å². The molecule has 1 amide bonds. The first-order valence-corrected chi connectivity index (χ1v) is 6.74. The SMILES string of the molecule is Cc1ccccc1N(CCC(=O)O)C(=O)c1ccccc1. The molecule has 0 radical (unpaired) electrons. The number of anilines is 1. The number of rotatable bonds is 5. The van der Waals surface area contributed by atoms with Gasteiger partial charge in [-0.2, -0.15) is 0 Å². The molecule has 0 aromatic heterocycles. The van der Waals surface area contributed by atoms with Crippen LogP contribution in [-0.2, 0) is 4.79 Å². The summed E-state index contributed by atoms with van der Waals surface area (Å²) in [7, 11) is 0. The van der Waals surface area contributed by atoms with Crippen LogP contribution in [0, 0.1) is 6.92 Å². The molecule has 0 unspecified atom stereocenters. The zero-order valence-corrected chi connectivity index (χ0v) is 11.8. The minimum Gasteiger partial charge on any atom is -0.481 e. The number of hydrogen-bond donors (Lipinski definition) is 1. The molecule has 0 spiro atoms. The summed E-state index contributed by atoms with van der Waals surface area (Å²) in [5.41, 5.74) is 2.23. The molecule has 0 aliphatic heterocycles. The Morgan fingerprint density at radius 1 is 1.00 bits per heavy atom. The number of para-hydroxylation sites is 1. The third kappa shape index (κ3) is 3.69. The van der Waals surface area contributed by atoms with Crippen molar-refractivity contribution in [3.63, 3.8) is 0 Å². The molecule has 0 atom stereocenters. The van der Waals surface area contributed by atoms with Gasteiger partial charge in [0.15, 0.2) is 0 Å². The molecule has 1 N–H and O–H groups in total. The van der Waals surface area contributed by atoms with Crippen molar-refractivity contribution in [2.24, 2.45) is 0 Å². The maximum Gasteiger partial charge on any atom is 0.305 e. The smallest absolute Gasteiger partial charge is 0.305 e. The molecule has 0 saturated heterocycles. The Morgan fingerprint density at radius 2 is 1.62 bits per heavy atom. The van der Waals surface area contributed by atoms with Crippen LogP contribution in [0.5, 0.6) is 0 Å². The number of aryl methyl sites for hydroxylation is 1. The highest BCUT2D eigenvalue weighted by atomic mass is 16.4. The van der Waals surface area contributed by atoms with Crippen LogP contribution in [0.15, 0.2) is 54.6 Å². The standard InChI is InChI=1S/C17H17NO3/c1-13-7-5-6-10-15(13)18(12-11-16(19)20)17(21)14-8-3-2-4-9-14/h2-10H,11-12H2,1H3,(H,19,20). The Labute approximate surface area is 123 Å². The largest absolute Gasteiger partial charge is 0.481 e. The molecule has 4 heteroatoms. The summed E-state index contributed by atoms with van der Waals surface area (Å²) in [6, 6.07) is 16.4. The van der Waals surface area contributed by atoms with E-state index in [1.807, 2.05) is 37.3 Å². The van der Waals surface area contributed by atoms with Crippen molar-refractivity contribution in [2.45, 2.75) is 13.3 Å². The first-order valence-electron chi connectivity index (χ1n) is 6.74. The van der Waals surface area contributed by atoms with E-state index >= 15 is 0 Å². The summed E-state index contributed by atoms with van der Waals surface area (Å²) in [6.45, 7) is 2.05. The van der Waals surface area contributed by atoms with Crippen LogP contribution in [-0.4, -0.2) is 23.5 Å². The molecule has 4 nitrogen and oxygen atoms in total. The van der Waals surface area contributed by atoms with Gasteiger partial charge in [-0.15, -0.1) is 0 Å². The number of carboxylic acid groups (broad SMARTS) is 1. The second kappa shape index (κ2) is 6.70. The Hall–Kier alpha value is -2.62. The molecule has 2 rings (SSSR count). The van der Waals surface area contributed by atoms with Gasteiger partial charge in [0.1, 0.15) is 0 Å². The fourth-order valence-corrected chi connectivity index (χ4v) is 2.14. The Balaban J connectivity index is 2.34. The van der Waals surface area contributed by atoms with Crippen molar-refractivity contribution in [2.75, 3.05) is 11.4 Å². The first-order chi connectivity index (χ1) is 10.1. The molecule has 0 aliphatic carbocycles. The van der Waals surface area contributed by atoms with E-state index in [0.717, 1.165) is 11.3 Å². The van der Waals surface area contributed by atoms with E-state index in [0.29, 0.717) is 5.56 Å². The molecular formula is C17H17NO3. The van der Waals surface area contributed by atoms with Gasteiger partial charge in [0, 0.05) is 17.8 Å². The highest BCUT2D eigenvalue weighted by molar-refractivity contribution is 6.06.